The zero-order chi connectivity index (χ0) is 12.0. The van der Waals surface area contributed by atoms with Crippen molar-refractivity contribution in [3.8, 4) is 0 Å². The molecule has 0 aliphatic heterocycles. The van der Waals surface area contributed by atoms with Gasteiger partial charge in [-0.1, -0.05) is 0 Å². The number of hydrogen-bond acceptors (Lipinski definition) is 6. The highest BCUT2D eigenvalue weighted by molar-refractivity contribution is 14.1. The fourth-order valence-electron chi connectivity index (χ4n) is 1.04. The van der Waals surface area contributed by atoms with Crippen LogP contribution in [0.3, 0.4) is 0 Å². The molecule has 8 heteroatoms. The molecule has 0 spiro atoms. The molecule has 16 heavy (non-hydrogen) atoms. The normalized spacial score (nSPS) is 10.1. The summed E-state index contributed by atoms with van der Waals surface area (Å²) >= 11 is 1.90. The van der Waals surface area contributed by atoms with Crippen LogP contribution in [0, 0.1) is 13.9 Å². The zero-order valence-corrected chi connectivity index (χ0v) is 10.8. The molecule has 1 N–H and O–H groups in total. The Morgan fingerprint density at radius 3 is 3.06 bits per heavy atom. The van der Waals surface area contributed by atoms with E-state index in [2.05, 4.69) is 15.3 Å². The molecule has 0 unspecified atom stereocenters. The summed E-state index contributed by atoms with van der Waals surface area (Å²) in [7, 11) is 1.61. The molecule has 0 bridgehead atoms. The molecule has 0 fully saturated rings. The molecule has 0 amide bonds. The topological polar surface area (TPSA) is 90.2 Å². The molecule has 1 heterocycles. The molecule has 0 saturated heterocycles. The Labute approximate surface area is 106 Å². The molecule has 1 rings (SSSR count). The van der Waals surface area contributed by atoms with Gasteiger partial charge in [0.2, 0.25) is 5.82 Å². The lowest BCUT2D eigenvalue weighted by Crippen LogP contribution is -2.09. The van der Waals surface area contributed by atoms with Crippen molar-refractivity contribution in [2.24, 2.45) is 0 Å². The summed E-state index contributed by atoms with van der Waals surface area (Å²) in [6.45, 7) is 1.17. The average Bonchev–Trinajstić information content (AvgIpc) is 2.24. The second-order valence-electron chi connectivity index (χ2n) is 2.90. The van der Waals surface area contributed by atoms with Crippen LogP contribution in [0.4, 0.5) is 11.5 Å². The number of nitrogens with one attached hydrogen (secondary N) is 1. The van der Waals surface area contributed by atoms with Crippen molar-refractivity contribution in [1.29, 1.82) is 0 Å². The Balaban J connectivity index is 2.68. The van der Waals surface area contributed by atoms with E-state index in [1.54, 1.807) is 7.11 Å². The van der Waals surface area contributed by atoms with E-state index < -0.39 is 4.92 Å². The highest BCUT2D eigenvalue weighted by Gasteiger charge is 2.15. The van der Waals surface area contributed by atoms with Crippen molar-refractivity contribution < 1.29 is 9.66 Å². The average molecular weight is 338 g/mol. The van der Waals surface area contributed by atoms with Gasteiger partial charge in [-0.2, -0.15) is 4.98 Å². The van der Waals surface area contributed by atoms with Gasteiger partial charge in [-0.05, 0) is 6.42 Å². The van der Waals surface area contributed by atoms with Gasteiger partial charge in [0, 0.05) is 42.9 Å². The SMILES string of the molecule is COCCCNc1nc(I)ncc1[N+](=O)[O-]. The van der Waals surface area contributed by atoms with Crippen LogP contribution in [0.1, 0.15) is 6.42 Å². The van der Waals surface area contributed by atoms with Crippen LogP contribution in [0.5, 0.6) is 0 Å². The summed E-state index contributed by atoms with van der Waals surface area (Å²) in [5.74, 6) is 0.250. The largest absolute Gasteiger partial charge is 0.385 e. The predicted octanol–water partition coefficient (Wildman–Crippen LogP) is 1.44. The third kappa shape index (κ3) is 3.85. The first-order chi connectivity index (χ1) is 7.65. The molecule has 1 aromatic heterocycles. The van der Waals surface area contributed by atoms with Crippen molar-refractivity contribution in [3.63, 3.8) is 0 Å². The predicted molar refractivity (Wildman–Crippen MR) is 66.4 cm³/mol. The Hall–Kier alpha value is -1.03. The third-order valence-electron chi connectivity index (χ3n) is 1.75. The van der Waals surface area contributed by atoms with Crippen molar-refractivity contribution in [2.45, 2.75) is 6.42 Å². The van der Waals surface area contributed by atoms with Crippen molar-refractivity contribution in [1.82, 2.24) is 9.97 Å². The van der Waals surface area contributed by atoms with E-state index in [1.807, 2.05) is 22.6 Å². The highest BCUT2D eigenvalue weighted by atomic mass is 127. The number of hydrogen-bond donors (Lipinski definition) is 1. The Morgan fingerprint density at radius 2 is 2.44 bits per heavy atom. The van der Waals surface area contributed by atoms with Crippen molar-refractivity contribution in [3.05, 3.63) is 20.1 Å². The van der Waals surface area contributed by atoms with Crippen LogP contribution in [0.2, 0.25) is 0 Å². The van der Waals surface area contributed by atoms with Gasteiger partial charge in [0.15, 0.2) is 3.83 Å². The van der Waals surface area contributed by atoms with Crippen LogP contribution >= 0.6 is 22.6 Å². The molecule has 0 radical (unpaired) electrons. The van der Waals surface area contributed by atoms with Crippen LogP contribution in [0.15, 0.2) is 6.20 Å². The summed E-state index contributed by atoms with van der Waals surface area (Å²) in [6.07, 6.45) is 1.96. The Kier molecular flexibility index (Phi) is 5.32. The molecule has 0 aliphatic carbocycles. The number of nitro groups is 1. The summed E-state index contributed by atoms with van der Waals surface area (Å²) in [4.78, 5) is 17.9. The molecule has 0 atom stereocenters. The summed E-state index contributed by atoms with van der Waals surface area (Å²) in [5, 5.41) is 13.6. The number of halogens is 1. The van der Waals surface area contributed by atoms with Gasteiger partial charge in [-0.25, -0.2) is 4.98 Å². The molecule has 88 valence electrons. The van der Waals surface area contributed by atoms with Gasteiger partial charge in [0.05, 0.1) is 4.92 Å². The number of rotatable bonds is 6. The number of anilines is 1. The van der Waals surface area contributed by atoms with Gasteiger partial charge in [-0.3, -0.25) is 10.1 Å². The minimum Gasteiger partial charge on any atom is -0.385 e. The fourth-order valence-corrected chi connectivity index (χ4v) is 1.42. The van der Waals surface area contributed by atoms with E-state index in [-0.39, 0.29) is 11.5 Å². The maximum atomic E-state index is 10.7. The van der Waals surface area contributed by atoms with Crippen LogP contribution in [-0.4, -0.2) is 35.2 Å². The number of ether oxygens (including phenoxy) is 1. The lowest BCUT2D eigenvalue weighted by atomic mass is 10.4. The fraction of sp³-hybridized carbons (Fsp3) is 0.500. The van der Waals surface area contributed by atoms with Gasteiger partial charge >= 0.3 is 5.69 Å². The van der Waals surface area contributed by atoms with Gasteiger partial charge in [0.1, 0.15) is 6.20 Å². The second kappa shape index (κ2) is 6.53. The first-order valence-electron chi connectivity index (χ1n) is 4.55. The smallest absolute Gasteiger partial charge is 0.329 e. The number of methoxy groups -OCH3 is 1. The Bertz CT molecular complexity index is 374. The molecule has 0 aromatic carbocycles. The minimum atomic E-state index is -0.505. The van der Waals surface area contributed by atoms with E-state index in [4.69, 9.17) is 4.74 Å². The molecule has 1 aromatic rings. The highest BCUT2D eigenvalue weighted by Crippen LogP contribution is 2.20. The van der Waals surface area contributed by atoms with Crippen LogP contribution in [0.25, 0.3) is 0 Å². The zero-order valence-electron chi connectivity index (χ0n) is 8.64. The van der Waals surface area contributed by atoms with Crippen molar-refractivity contribution in [2.75, 3.05) is 25.6 Å². The monoisotopic (exact) mass is 338 g/mol. The first kappa shape index (κ1) is 13.0. The molecular weight excluding hydrogens is 327 g/mol. The molecule has 0 saturated carbocycles. The lowest BCUT2D eigenvalue weighted by Gasteiger charge is -2.05. The van der Waals surface area contributed by atoms with Crippen LogP contribution < -0.4 is 5.32 Å². The third-order valence-corrected chi connectivity index (χ3v) is 2.27. The standard InChI is InChI=1S/C8H11IN4O3/c1-16-4-2-3-10-7-6(13(14)15)5-11-8(9)12-7/h5H,2-4H2,1H3,(H,10,11,12). The van der Waals surface area contributed by atoms with Gasteiger partial charge in [-0.15, -0.1) is 0 Å². The maximum Gasteiger partial charge on any atom is 0.329 e. The van der Waals surface area contributed by atoms with Gasteiger partial charge in [0.25, 0.3) is 0 Å². The summed E-state index contributed by atoms with van der Waals surface area (Å²) in [5.41, 5.74) is -0.113. The maximum absolute atomic E-state index is 10.7. The van der Waals surface area contributed by atoms with Gasteiger partial charge < -0.3 is 10.1 Å². The summed E-state index contributed by atoms with van der Waals surface area (Å²) in [6, 6.07) is 0. The van der Waals surface area contributed by atoms with E-state index in [0.717, 1.165) is 6.42 Å². The quantitative estimate of drug-likeness (QED) is 0.278. The van der Waals surface area contributed by atoms with Crippen LogP contribution in [-0.2, 0) is 4.74 Å². The molecule has 7 nitrogen and oxygen atoms in total. The molecule has 0 aliphatic rings. The van der Waals surface area contributed by atoms with E-state index in [0.29, 0.717) is 17.0 Å². The molecular formula is C8H11IN4O3. The van der Waals surface area contributed by atoms with E-state index in [1.165, 1.54) is 6.20 Å². The number of nitrogens with zero attached hydrogens (tertiary/aromatic N) is 3. The van der Waals surface area contributed by atoms with Crippen molar-refractivity contribution >= 4 is 34.1 Å². The van der Waals surface area contributed by atoms with E-state index >= 15 is 0 Å². The minimum absolute atomic E-state index is 0.113. The number of aromatic nitrogens is 2. The lowest BCUT2D eigenvalue weighted by molar-refractivity contribution is -0.384. The Morgan fingerprint density at radius 1 is 1.69 bits per heavy atom. The van der Waals surface area contributed by atoms with E-state index in [9.17, 15) is 10.1 Å². The summed E-state index contributed by atoms with van der Waals surface area (Å²) < 4.78 is 5.34. The second-order valence-corrected chi connectivity index (χ2v) is 3.87. The first-order valence-corrected chi connectivity index (χ1v) is 5.62.